The van der Waals surface area contributed by atoms with Crippen LogP contribution in [0.3, 0.4) is 0 Å². The van der Waals surface area contributed by atoms with Gasteiger partial charge in [-0.2, -0.15) is 0 Å². The van der Waals surface area contributed by atoms with E-state index in [1.807, 2.05) is 0 Å². The van der Waals surface area contributed by atoms with E-state index in [4.69, 9.17) is 9.47 Å². The number of sulfone groups is 1. The molecule has 2 aromatic heterocycles. The molecule has 0 aliphatic carbocycles. The number of rotatable bonds is 6. The van der Waals surface area contributed by atoms with E-state index < -0.39 is 21.6 Å². The van der Waals surface area contributed by atoms with Crippen molar-refractivity contribution in [2.24, 2.45) is 0 Å². The number of carbonyl (C=O) groups excluding carboxylic acids is 1. The number of aromatic nitrogens is 3. The molecule has 1 aromatic carbocycles. The monoisotopic (exact) mass is 389 g/mol. The van der Waals surface area contributed by atoms with Crippen LogP contribution < -0.4 is 19.6 Å². The molecule has 142 valence electrons. The zero-order valence-corrected chi connectivity index (χ0v) is 15.5. The highest BCUT2D eigenvalue weighted by Gasteiger charge is 2.19. The SMILES string of the molecule is COc1ccc2[n-]c(S(=O)(=O)Cc3ncc(C(=O)[O-])c(OC)c3C)nc2c1. The molecule has 3 rings (SSSR count). The fraction of sp³-hybridized carbons (Fsp3) is 0.235. The molecule has 10 heteroatoms. The van der Waals surface area contributed by atoms with E-state index in [2.05, 4.69) is 15.0 Å². The molecule has 2 heterocycles. The summed E-state index contributed by atoms with van der Waals surface area (Å²) in [5, 5.41) is 10.8. The van der Waals surface area contributed by atoms with E-state index in [1.54, 1.807) is 18.2 Å². The summed E-state index contributed by atoms with van der Waals surface area (Å²) in [4.78, 5) is 23.2. The Kier molecular flexibility index (Phi) is 4.75. The van der Waals surface area contributed by atoms with E-state index >= 15 is 0 Å². The molecule has 0 radical (unpaired) electrons. The van der Waals surface area contributed by atoms with Crippen molar-refractivity contribution in [3.05, 3.63) is 41.2 Å². The Labute approximate surface area is 154 Å². The van der Waals surface area contributed by atoms with Crippen molar-refractivity contribution in [3.8, 4) is 11.5 Å². The van der Waals surface area contributed by atoms with Crippen LogP contribution in [0.1, 0.15) is 21.6 Å². The smallest absolute Gasteiger partial charge is 0.176 e. The van der Waals surface area contributed by atoms with Crippen molar-refractivity contribution in [2.75, 3.05) is 14.2 Å². The molecule has 0 N–H and O–H groups in total. The van der Waals surface area contributed by atoms with Gasteiger partial charge in [0.1, 0.15) is 11.5 Å². The summed E-state index contributed by atoms with van der Waals surface area (Å²) in [7, 11) is -1.14. The molecule has 0 amide bonds. The van der Waals surface area contributed by atoms with Crippen molar-refractivity contribution < 1.29 is 27.8 Å². The quantitative estimate of drug-likeness (QED) is 0.581. The first-order valence-electron chi connectivity index (χ1n) is 7.72. The minimum atomic E-state index is -3.92. The lowest BCUT2D eigenvalue weighted by Crippen LogP contribution is -2.24. The van der Waals surface area contributed by atoms with Gasteiger partial charge >= 0.3 is 0 Å². The number of hydrogen-bond acceptors (Lipinski definition) is 8. The van der Waals surface area contributed by atoms with Gasteiger partial charge in [0.2, 0.25) is 0 Å². The lowest BCUT2D eigenvalue weighted by Gasteiger charge is -2.15. The minimum Gasteiger partial charge on any atom is -0.545 e. The standard InChI is InChI=1S/C17H17N3O6S/c1-9-14(18-7-11(16(21)22)15(9)26-3)8-27(23,24)17-19-12-5-4-10(25-2)6-13(12)20-17/h4-7H,8H2,1-3H3,(H2,19,20,21,22)/p-2. The maximum Gasteiger partial charge on any atom is 0.176 e. The summed E-state index contributed by atoms with van der Waals surface area (Å²) in [6.45, 7) is 1.52. The van der Waals surface area contributed by atoms with Gasteiger partial charge in [0.05, 0.1) is 37.2 Å². The average molecular weight is 389 g/mol. The predicted octanol–water partition coefficient (Wildman–Crippen LogP) is 0.250. The fourth-order valence-electron chi connectivity index (χ4n) is 2.61. The van der Waals surface area contributed by atoms with Gasteiger partial charge in [0.25, 0.3) is 0 Å². The summed E-state index contributed by atoms with van der Waals surface area (Å²) in [6.07, 6.45) is 1.01. The number of ether oxygens (including phenoxy) is 2. The van der Waals surface area contributed by atoms with Crippen LogP contribution in [0, 0.1) is 6.92 Å². The van der Waals surface area contributed by atoms with Gasteiger partial charge in [-0.1, -0.05) is 6.07 Å². The third-order valence-electron chi connectivity index (χ3n) is 4.01. The Morgan fingerprint density at radius 2 is 2.00 bits per heavy atom. The Balaban J connectivity index is 2.01. The predicted molar refractivity (Wildman–Crippen MR) is 92.4 cm³/mol. The maximum absolute atomic E-state index is 12.7. The number of carboxylic acids is 1. The summed E-state index contributed by atoms with van der Waals surface area (Å²) < 4.78 is 35.6. The minimum absolute atomic E-state index is 0.00789. The summed E-state index contributed by atoms with van der Waals surface area (Å²) in [6, 6.07) is 4.85. The number of pyridine rings is 1. The van der Waals surface area contributed by atoms with Crippen LogP contribution >= 0.6 is 0 Å². The first-order chi connectivity index (χ1) is 12.8. The number of aromatic carboxylic acids is 1. The van der Waals surface area contributed by atoms with Crippen LogP contribution in [0.5, 0.6) is 11.5 Å². The van der Waals surface area contributed by atoms with E-state index in [0.29, 0.717) is 22.3 Å². The molecular formula is C17H15N3O6S-2. The van der Waals surface area contributed by atoms with Crippen molar-refractivity contribution in [1.29, 1.82) is 0 Å². The molecule has 0 bridgehead atoms. The zero-order valence-electron chi connectivity index (χ0n) is 14.7. The highest BCUT2D eigenvalue weighted by molar-refractivity contribution is 7.90. The Morgan fingerprint density at radius 3 is 2.63 bits per heavy atom. The molecule has 0 aliphatic rings. The Hall–Kier alpha value is -3.14. The normalized spacial score (nSPS) is 11.5. The zero-order chi connectivity index (χ0) is 19.8. The molecule has 27 heavy (non-hydrogen) atoms. The second kappa shape index (κ2) is 6.88. The van der Waals surface area contributed by atoms with Crippen LogP contribution in [-0.2, 0) is 15.6 Å². The van der Waals surface area contributed by atoms with Crippen LogP contribution in [0.4, 0.5) is 0 Å². The number of methoxy groups -OCH3 is 2. The number of carboxylic acid groups (broad SMARTS) is 1. The van der Waals surface area contributed by atoms with Gasteiger partial charge in [-0.3, -0.25) is 4.98 Å². The maximum atomic E-state index is 12.7. The average Bonchev–Trinajstić information content (AvgIpc) is 3.07. The first kappa shape index (κ1) is 18.6. The van der Waals surface area contributed by atoms with Crippen molar-refractivity contribution >= 4 is 26.8 Å². The van der Waals surface area contributed by atoms with Crippen LogP contribution in [0.25, 0.3) is 11.0 Å². The van der Waals surface area contributed by atoms with Gasteiger partial charge < -0.3 is 29.3 Å². The molecule has 9 nitrogen and oxygen atoms in total. The summed E-state index contributed by atoms with van der Waals surface area (Å²) in [5.41, 5.74) is 0.994. The van der Waals surface area contributed by atoms with Crippen LogP contribution in [-0.4, -0.2) is 38.6 Å². The van der Waals surface area contributed by atoms with Gasteiger partial charge in [-0.25, -0.2) is 8.42 Å². The van der Waals surface area contributed by atoms with Crippen molar-refractivity contribution in [1.82, 2.24) is 15.0 Å². The number of hydrogen-bond donors (Lipinski definition) is 0. The lowest BCUT2D eigenvalue weighted by molar-refractivity contribution is -0.255. The number of carbonyl (C=O) groups is 1. The number of imidazole rings is 1. The fourth-order valence-corrected chi connectivity index (χ4v) is 3.87. The van der Waals surface area contributed by atoms with Gasteiger partial charge in [0, 0.05) is 16.9 Å². The van der Waals surface area contributed by atoms with Gasteiger partial charge in [-0.15, -0.1) is 0 Å². The van der Waals surface area contributed by atoms with Gasteiger partial charge in [0.15, 0.2) is 9.84 Å². The summed E-state index contributed by atoms with van der Waals surface area (Å²) in [5.74, 6) is -1.42. The number of fused-ring (bicyclic) bond motifs is 1. The third kappa shape index (κ3) is 3.43. The molecule has 0 atom stereocenters. The number of benzene rings is 1. The molecule has 0 fully saturated rings. The second-order valence-corrected chi connectivity index (χ2v) is 7.57. The van der Waals surface area contributed by atoms with E-state index in [-0.39, 0.29) is 22.2 Å². The highest BCUT2D eigenvalue weighted by atomic mass is 32.2. The lowest BCUT2D eigenvalue weighted by atomic mass is 10.1. The molecule has 3 aromatic rings. The van der Waals surface area contributed by atoms with Crippen molar-refractivity contribution in [2.45, 2.75) is 17.8 Å². The second-order valence-electron chi connectivity index (χ2n) is 5.68. The Bertz CT molecular complexity index is 1140. The van der Waals surface area contributed by atoms with Crippen molar-refractivity contribution in [3.63, 3.8) is 0 Å². The first-order valence-corrected chi connectivity index (χ1v) is 9.37. The van der Waals surface area contributed by atoms with Gasteiger partial charge in [-0.05, 0) is 30.1 Å². The van der Waals surface area contributed by atoms with E-state index in [9.17, 15) is 18.3 Å². The van der Waals surface area contributed by atoms with Crippen LogP contribution in [0.15, 0.2) is 29.6 Å². The van der Waals surface area contributed by atoms with E-state index in [0.717, 1.165) is 6.20 Å². The molecule has 0 saturated heterocycles. The topological polar surface area (TPSA) is 133 Å². The third-order valence-corrected chi connectivity index (χ3v) is 5.40. The van der Waals surface area contributed by atoms with E-state index in [1.165, 1.54) is 21.1 Å². The largest absolute Gasteiger partial charge is 0.545 e. The molecule has 0 aliphatic heterocycles. The molecule has 0 saturated carbocycles. The molecule has 0 unspecified atom stereocenters. The molecule has 0 spiro atoms. The highest BCUT2D eigenvalue weighted by Crippen LogP contribution is 2.27. The molecular weight excluding hydrogens is 374 g/mol. The Morgan fingerprint density at radius 1 is 1.26 bits per heavy atom. The number of nitrogens with zero attached hydrogens (tertiary/aromatic N) is 3. The van der Waals surface area contributed by atoms with Crippen LogP contribution in [0.2, 0.25) is 0 Å². The summed E-state index contributed by atoms with van der Waals surface area (Å²) >= 11 is 0.